The number of fused-ring (bicyclic) bond motifs is 1. The number of aryl methyl sites for hydroxylation is 2. The molecule has 102 valence electrons. The van der Waals surface area contributed by atoms with E-state index >= 15 is 0 Å². The van der Waals surface area contributed by atoms with E-state index in [1.54, 1.807) is 18.5 Å². The van der Waals surface area contributed by atoms with E-state index in [0.29, 0.717) is 22.8 Å². The van der Waals surface area contributed by atoms with Crippen molar-refractivity contribution in [1.29, 1.82) is 0 Å². The molecule has 0 saturated heterocycles. The van der Waals surface area contributed by atoms with Crippen LogP contribution in [-0.4, -0.2) is 9.90 Å². The number of halogens is 4. The van der Waals surface area contributed by atoms with E-state index in [1.165, 1.54) is 0 Å². The Bertz CT molecular complexity index is 725. The van der Waals surface area contributed by atoms with Gasteiger partial charge in [0.05, 0.1) is 15.4 Å². The predicted octanol–water partition coefficient (Wildman–Crippen LogP) is 3.83. The summed E-state index contributed by atoms with van der Waals surface area (Å²) in [7, 11) is 1.74. The van der Waals surface area contributed by atoms with Gasteiger partial charge in [0.2, 0.25) is 5.43 Å². The van der Waals surface area contributed by atoms with Gasteiger partial charge in [-0.25, -0.2) is 8.78 Å². The molecule has 0 amide bonds. The summed E-state index contributed by atoms with van der Waals surface area (Å²) in [5, 5.41) is 0.470. The molecule has 0 bridgehead atoms. The Kier molecular flexibility index (Phi) is 4.11. The molecule has 6 heteroatoms. The van der Waals surface area contributed by atoms with Gasteiger partial charge in [-0.1, -0.05) is 15.9 Å². The van der Waals surface area contributed by atoms with Crippen LogP contribution in [0.4, 0.5) is 8.78 Å². The van der Waals surface area contributed by atoms with E-state index in [9.17, 15) is 13.6 Å². The summed E-state index contributed by atoms with van der Waals surface area (Å²) < 4.78 is 29.4. The number of rotatable bonds is 2. The number of benzene rings is 1. The average Bonchev–Trinajstić information content (AvgIpc) is 2.36. The molecule has 0 unspecified atom stereocenters. The minimum absolute atomic E-state index is 0.204. The van der Waals surface area contributed by atoms with Crippen LogP contribution >= 0.6 is 31.9 Å². The van der Waals surface area contributed by atoms with Crippen molar-refractivity contribution in [2.45, 2.75) is 13.3 Å². The highest BCUT2D eigenvalue weighted by molar-refractivity contribution is 9.10. The zero-order valence-electron chi connectivity index (χ0n) is 10.4. The standard InChI is InChI=1S/C13H11Br2F2NO/c1-6-5-7(16)11(17)9-12(6)18(2)8(3-4-14)10(15)13(9)19/h5H,3-4H2,1-2H3. The smallest absolute Gasteiger partial charge is 0.206 e. The SMILES string of the molecule is Cc1cc(F)c(F)c2c(=O)c(Br)c(CCBr)n(C)c12. The number of nitrogens with zero attached hydrogens (tertiary/aromatic N) is 1. The van der Waals surface area contributed by atoms with Crippen molar-refractivity contribution in [3.63, 3.8) is 0 Å². The first-order chi connectivity index (χ1) is 8.90. The lowest BCUT2D eigenvalue weighted by Gasteiger charge is -2.16. The van der Waals surface area contributed by atoms with Gasteiger partial charge in [-0.05, 0) is 40.9 Å². The van der Waals surface area contributed by atoms with Gasteiger partial charge in [0.15, 0.2) is 11.6 Å². The van der Waals surface area contributed by atoms with E-state index in [0.717, 1.165) is 11.8 Å². The largest absolute Gasteiger partial charge is 0.346 e. The van der Waals surface area contributed by atoms with E-state index < -0.39 is 17.1 Å². The molecule has 2 aromatic rings. The molecule has 0 spiro atoms. The molecule has 0 aliphatic rings. The molecule has 0 saturated carbocycles. The lowest BCUT2D eigenvalue weighted by molar-refractivity contribution is 0.515. The van der Waals surface area contributed by atoms with Gasteiger partial charge in [-0.3, -0.25) is 4.79 Å². The van der Waals surface area contributed by atoms with E-state index in [1.807, 2.05) is 0 Å². The molecule has 0 aliphatic heterocycles. The van der Waals surface area contributed by atoms with Crippen molar-refractivity contribution in [2.75, 3.05) is 5.33 Å². The van der Waals surface area contributed by atoms with Crippen LogP contribution in [0.2, 0.25) is 0 Å². The maximum absolute atomic E-state index is 13.9. The first kappa shape index (κ1) is 14.7. The van der Waals surface area contributed by atoms with Crippen molar-refractivity contribution in [2.24, 2.45) is 7.05 Å². The predicted molar refractivity (Wildman–Crippen MR) is 79.0 cm³/mol. The Morgan fingerprint density at radius 2 is 2.00 bits per heavy atom. The summed E-state index contributed by atoms with van der Waals surface area (Å²) in [5.41, 5.74) is 1.22. The lowest BCUT2D eigenvalue weighted by atomic mass is 10.1. The number of pyridine rings is 1. The van der Waals surface area contributed by atoms with Crippen LogP contribution in [0, 0.1) is 18.6 Å². The monoisotopic (exact) mass is 393 g/mol. The third kappa shape index (κ3) is 2.25. The first-order valence-electron chi connectivity index (χ1n) is 5.61. The van der Waals surface area contributed by atoms with Crippen LogP contribution in [0.1, 0.15) is 11.3 Å². The van der Waals surface area contributed by atoms with Crippen LogP contribution < -0.4 is 5.43 Å². The van der Waals surface area contributed by atoms with Gasteiger partial charge in [0.25, 0.3) is 0 Å². The first-order valence-corrected chi connectivity index (χ1v) is 7.53. The van der Waals surface area contributed by atoms with Gasteiger partial charge in [-0.15, -0.1) is 0 Å². The van der Waals surface area contributed by atoms with Crippen molar-refractivity contribution >= 4 is 42.8 Å². The van der Waals surface area contributed by atoms with Crippen molar-refractivity contribution in [3.05, 3.63) is 43.7 Å². The Morgan fingerprint density at radius 1 is 1.37 bits per heavy atom. The second-order valence-corrected chi connectivity index (χ2v) is 5.89. The molecule has 0 radical (unpaired) electrons. The Labute approximate surface area is 125 Å². The third-order valence-electron chi connectivity index (χ3n) is 3.13. The van der Waals surface area contributed by atoms with Crippen LogP contribution in [0.25, 0.3) is 10.9 Å². The Hall–Kier alpha value is -0.750. The fourth-order valence-corrected chi connectivity index (χ4v) is 3.31. The molecule has 2 rings (SSSR count). The fraction of sp³-hybridized carbons (Fsp3) is 0.308. The molecule has 1 aromatic carbocycles. The van der Waals surface area contributed by atoms with Crippen molar-refractivity contribution in [1.82, 2.24) is 4.57 Å². The average molecular weight is 395 g/mol. The number of hydrogen-bond donors (Lipinski definition) is 0. The van der Waals surface area contributed by atoms with E-state index in [4.69, 9.17) is 0 Å². The minimum atomic E-state index is -1.09. The number of aromatic nitrogens is 1. The fourth-order valence-electron chi connectivity index (χ4n) is 2.27. The third-order valence-corrected chi connectivity index (χ3v) is 4.35. The second-order valence-electron chi connectivity index (χ2n) is 4.30. The quantitative estimate of drug-likeness (QED) is 0.709. The molecule has 0 N–H and O–H groups in total. The zero-order chi connectivity index (χ0) is 14.3. The molecular formula is C13H11Br2F2NO. The van der Waals surface area contributed by atoms with Gasteiger partial charge in [-0.2, -0.15) is 0 Å². The summed E-state index contributed by atoms with van der Waals surface area (Å²) in [6, 6.07) is 1.11. The summed E-state index contributed by atoms with van der Waals surface area (Å²) >= 11 is 6.51. The Morgan fingerprint density at radius 3 is 2.58 bits per heavy atom. The van der Waals surface area contributed by atoms with E-state index in [-0.39, 0.29) is 9.86 Å². The maximum atomic E-state index is 13.9. The summed E-state index contributed by atoms with van der Waals surface area (Å²) in [5.74, 6) is -2.09. The van der Waals surface area contributed by atoms with Gasteiger partial charge in [0, 0.05) is 18.1 Å². The van der Waals surface area contributed by atoms with E-state index in [2.05, 4.69) is 31.9 Å². The maximum Gasteiger partial charge on any atom is 0.206 e. The topological polar surface area (TPSA) is 22.0 Å². The number of hydrogen-bond acceptors (Lipinski definition) is 1. The van der Waals surface area contributed by atoms with Gasteiger partial charge >= 0.3 is 0 Å². The Balaban J connectivity index is 3.07. The molecule has 0 aliphatic carbocycles. The van der Waals surface area contributed by atoms with Crippen LogP contribution in [-0.2, 0) is 13.5 Å². The highest BCUT2D eigenvalue weighted by Crippen LogP contribution is 2.26. The molecular weight excluding hydrogens is 384 g/mol. The summed E-state index contributed by atoms with van der Waals surface area (Å²) in [6.45, 7) is 1.66. The molecule has 0 fully saturated rings. The summed E-state index contributed by atoms with van der Waals surface area (Å²) in [6.07, 6.45) is 0.612. The summed E-state index contributed by atoms with van der Waals surface area (Å²) in [4.78, 5) is 12.2. The van der Waals surface area contributed by atoms with Gasteiger partial charge in [0.1, 0.15) is 0 Å². The van der Waals surface area contributed by atoms with Gasteiger partial charge < -0.3 is 4.57 Å². The normalized spacial score (nSPS) is 11.3. The molecule has 2 nitrogen and oxygen atoms in total. The van der Waals surface area contributed by atoms with Crippen molar-refractivity contribution < 1.29 is 8.78 Å². The highest BCUT2D eigenvalue weighted by atomic mass is 79.9. The molecule has 1 aromatic heterocycles. The minimum Gasteiger partial charge on any atom is -0.346 e. The van der Waals surface area contributed by atoms with Crippen molar-refractivity contribution in [3.8, 4) is 0 Å². The van der Waals surface area contributed by atoms with Crippen LogP contribution in [0.15, 0.2) is 15.3 Å². The van der Waals surface area contributed by atoms with Crippen LogP contribution in [0.3, 0.4) is 0 Å². The molecule has 1 heterocycles. The molecule has 0 atom stereocenters. The second kappa shape index (κ2) is 5.32. The zero-order valence-corrected chi connectivity index (χ0v) is 13.5. The van der Waals surface area contributed by atoms with Crippen LogP contribution in [0.5, 0.6) is 0 Å². The highest BCUT2D eigenvalue weighted by Gasteiger charge is 2.20. The lowest BCUT2D eigenvalue weighted by Crippen LogP contribution is -2.17. The number of alkyl halides is 1. The molecule has 19 heavy (non-hydrogen) atoms.